The molecule has 33 heavy (non-hydrogen) atoms. The third-order valence-electron chi connectivity index (χ3n) is 6.40. The summed E-state index contributed by atoms with van der Waals surface area (Å²) >= 11 is 1.59. The zero-order valence-corrected chi connectivity index (χ0v) is 20.5. The van der Waals surface area contributed by atoms with Crippen molar-refractivity contribution in [1.82, 2.24) is 9.27 Å². The average Bonchev–Trinajstić information content (AvgIpc) is 3.41. The Hall–Kier alpha value is -2.64. The summed E-state index contributed by atoms with van der Waals surface area (Å²) in [6, 6.07) is 15.0. The van der Waals surface area contributed by atoms with Crippen LogP contribution in [0.3, 0.4) is 0 Å². The SMILES string of the molecule is CC(C)(C)OC(=O)N1CCc2cc(CCN3CCN(c4nsc5ccccc45)CC3)ccc21. The van der Waals surface area contributed by atoms with Gasteiger partial charge >= 0.3 is 6.09 Å². The van der Waals surface area contributed by atoms with Gasteiger partial charge in [0.15, 0.2) is 0 Å². The van der Waals surface area contributed by atoms with E-state index in [1.807, 2.05) is 20.8 Å². The van der Waals surface area contributed by atoms with Gasteiger partial charge in [0.2, 0.25) is 0 Å². The molecule has 0 bridgehead atoms. The third kappa shape index (κ3) is 4.84. The number of hydrogen-bond donors (Lipinski definition) is 0. The van der Waals surface area contributed by atoms with Gasteiger partial charge < -0.3 is 9.64 Å². The predicted molar refractivity (Wildman–Crippen MR) is 136 cm³/mol. The maximum atomic E-state index is 12.5. The van der Waals surface area contributed by atoms with Gasteiger partial charge in [-0.05, 0) is 74.5 Å². The van der Waals surface area contributed by atoms with Crippen molar-refractivity contribution in [1.29, 1.82) is 0 Å². The minimum Gasteiger partial charge on any atom is -0.443 e. The Labute approximate surface area is 199 Å². The number of amides is 1. The van der Waals surface area contributed by atoms with E-state index in [-0.39, 0.29) is 6.09 Å². The second kappa shape index (κ2) is 8.95. The predicted octanol–water partition coefficient (Wildman–Crippen LogP) is 4.96. The fourth-order valence-electron chi connectivity index (χ4n) is 4.69. The first-order valence-electron chi connectivity index (χ1n) is 11.8. The highest BCUT2D eigenvalue weighted by molar-refractivity contribution is 7.13. The Morgan fingerprint density at radius 2 is 1.85 bits per heavy atom. The zero-order chi connectivity index (χ0) is 23.0. The van der Waals surface area contributed by atoms with Crippen LogP contribution in [0.2, 0.25) is 0 Å². The lowest BCUT2D eigenvalue weighted by atomic mass is 10.1. The molecular formula is C26H32N4O2S. The van der Waals surface area contributed by atoms with E-state index < -0.39 is 5.60 Å². The Balaban J connectivity index is 1.15. The molecule has 174 valence electrons. The van der Waals surface area contributed by atoms with Crippen LogP contribution >= 0.6 is 11.5 Å². The van der Waals surface area contributed by atoms with Crippen molar-refractivity contribution in [3.8, 4) is 0 Å². The summed E-state index contributed by atoms with van der Waals surface area (Å²) in [4.78, 5) is 19.3. The molecule has 2 aromatic carbocycles. The number of piperazine rings is 1. The third-order valence-corrected chi connectivity index (χ3v) is 7.22. The Kier molecular flexibility index (Phi) is 6.01. The largest absolute Gasteiger partial charge is 0.443 e. The standard InChI is InChI=1S/C26H32N4O2S/c1-26(2,3)32-25(31)30-13-11-20-18-19(8-9-22(20)30)10-12-28-14-16-29(17-15-28)24-21-6-4-5-7-23(21)33-27-24/h4-9,18H,10-17H2,1-3H3. The summed E-state index contributed by atoms with van der Waals surface area (Å²) in [7, 11) is 0. The van der Waals surface area contributed by atoms with Gasteiger partial charge in [-0.1, -0.05) is 24.3 Å². The minimum absolute atomic E-state index is 0.250. The van der Waals surface area contributed by atoms with E-state index in [4.69, 9.17) is 9.11 Å². The average molecular weight is 465 g/mol. The number of anilines is 2. The van der Waals surface area contributed by atoms with Gasteiger partial charge in [0.1, 0.15) is 11.4 Å². The molecule has 0 saturated carbocycles. The fraction of sp³-hybridized carbons (Fsp3) is 0.462. The van der Waals surface area contributed by atoms with Crippen LogP contribution in [0.25, 0.3) is 10.1 Å². The van der Waals surface area contributed by atoms with Crippen molar-refractivity contribution >= 4 is 39.2 Å². The lowest BCUT2D eigenvalue weighted by Crippen LogP contribution is -2.47. The number of aromatic nitrogens is 1. The summed E-state index contributed by atoms with van der Waals surface area (Å²) in [6.45, 7) is 11.6. The quantitative estimate of drug-likeness (QED) is 0.546. The van der Waals surface area contributed by atoms with E-state index in [1.54, 1.807) is 16.4 Å². The van der Waals surface area contributed by atoms with Crippen LogP contribution in [0, 0.1) is 0 Å². The van der Waals surface area contributed by atoms with Gasteiger partial charge in [0.05, 0.1) is 10.4 Å². The van der Waals surface area contributed by atoms with Crippen molar-refractivity contribution in [2.24, 2.45) is 0 Å². The topological polar surface area (TPSA) is 48.9 Å². The first-order valence-corrected chi connectivity index (χ1v) is 12.6. The molecule has 0 radical (unpaired) electrons. The highest BCUT2D eigenvalue weighted by atomic mass is 32.1. The molecule has 0 aliphatic carbocycles. The Morgan fingerprint density at radius 3 is 2.64 bits per heavy atom. The van der Waals surface area contributed by atoms with Crippen molar-refractivity contribution in [3.63, 3.8) is 0 Å². The number of fused-ring (bicyclic) bond motifs is 2. The minimum atomic E-state index is -0.476. The zero-order valence-electron chi connectivity index (χ0n) is 19.7. The molecule has 2 aliphatic rings. The van der Waals surface area contributed by atoms with E-state index in [2.05, 4.69) is 52.3 Å². The summed E-state index contributed by atoms with van der Waals surface area (Å²) in [6.07, 6.45) is 1.67. The van der Waals surface area contributed by atoms with Crippen LogP contribution in [0.5, 0.6) is 0 Å². The molecule has 0 unspecified atom stereocenters. The molecule has 1 saturated heterocycles. The highest BCUT2D eigenvalue weighted by Crippen LogP contribution is 2.31. The molecule has 7 heteroatoms. The monoisotopic (exact) mass is 464 g/mol. The van der Waals surface area contributed by atoms with Crippen LogP contribution in [-0.2, 0) is 17.6 Å². The molecule has 6 nitrogen and oxygen atoms in total. The summed E-state index contributed by atoms with van der Waals surface area (Å²) in [5.74, 6) is 1.14. The molecule has 2 aliphatic heterocycles. The molecule has 5 rings (SSSR count). The Morgan fingerprint density at radius 1 is 1.06 bits per heavy atom. The number of carbonyl (C=O) groups is 1. The van der Waals surface area contributed by atoms with Gasteiger partial charge in [-0.15, -0.1) is 0 Å². The van der Waals surface area contributed by atoms with Crippen molar-refractivity contribution in [2.45, 2.75) is 39.2 Å². The van der Waals surface area contributed by atoms with Crippen LogP contribution < -0.4 is 9.80 Å². The number of nitrogens with zero attached hydrogens (tertiary/aromatic N) is 4. The fourth-order valence-corrected chi connectivity index (χ4v) is 5.48. The van der Waals surface area contributed by atoms with Gasteiger partial charge in [-0.25, -0.2) is 4.79 Å². The number of rotatable bonds is 4. The van der Waals surface area contributed by atoms with Crippen molar-refractivity contribution < 1.29 is 9.53 Å². The van der Waals surface area contributed by atoms with E-state index in [0.29, 0.717) is 6.54 Å². The number of ether oxygens (including phenoxy) is 1. The molecule has 1 aromatic heterocycles. The van der Waals surface area contributed by atoms with Crippen LogP contribution in [0.15, 0.2) is 42.5 Å². The second-order valence-electron chi connectivity index (χ2n) is 9.93. The van der Waals surface area contributed by atoms with E-state index in [0.717, 1.165) is 57.1 Å². The van der Waals surface area contributed by atoms with Crippen molar-refractivity contribution in [3.05, 3.63) is 53.6 Å². The molecule has 0 atom stereocenters. The summed E-state index contributed by atoms with van der Waals surface area (Å²) < 4.78 is 11.5. The molecule has 3 aromatic rings. The van der Waals surface area contributed by atoms with Gasteiger partial charge in [0.25, 0.3) is 0 Å². The lowest BCUT2D eigenvalue weighted by Gasteiger charge is -2.35. The summed E-state index contributed by atoms with van der Waals surface area (Å²) in [5.41, 5.74) is 3.11. The number of benzene rings is 2. The Bertz CT molecular complexity index is 1140. The van der Waals surface area contributed by atoms with E-state index in [1.165, 1.54) is 21.2 Å². The van der Waals surface area contributed by atoms with Gasteiger partial charge in [-0.3, -0.25) is 9.80 Å². The smallest absolute Gasteiger partial charge is 0.414 e. The van der Waals surface area contributed by atoms with Crippen LogP contribution in [-0.4, -0.2) is 60.2 Å². The first-order chi connectivity index (χ1) is 15.9. The lowest BCUT2D eigenvalue weighted by molar-refractivity contribution is 0.0584. The molecule has 1 fully saturated rings. The molecular weight excluding hydrogens is 432 g/mol. The van der Waals surface area contributed by atoms with Crippen molar-refractivity contribution in [2.75, 3.05) is 49.1 Å². The normalized spacial score (nSPS) is 16.9. The summed E-state index contributed by atoms with van der Waals surface area (Å²) in [5, 5.41) is 1.27. The molecule has 0 spiro atoms. The first kappa shape index (κ1) is 22.2. The van der Waals surface area contributed by atoms with Gasteiger partial charge in [0, 0.05) is 44.7 Å². The van der Waals surface area contributed by atoms with E-state index >= 15 is 0 Å². The number of carbonyl (C=O) groups excluding carboxylic acids is 1. The van der Waals surface area contributed by atoms with Gasteiger partial charge in [-0.2, -0.15) is 4.37 Å². The van der Waals surface area contributed by atoms with E-state index in [9.17, 15) is 4.79 Å². The second-order valence-corrected chi connectivity index (χ2v) is 10.7. The van der Waals surface area contributed by atoms with Crippen LogP contribution in [0.4, 0.5) is 16.3 Å². The highest BCUT2D eigenvalue weighted by Gasteiger charge is 2.29. The molecule has 0 N–H and O–H groups in total. The number of hydrogen-bond acceptors (Lipinski definition) is 6. The maximum Gasteiger partial charge on any atom is 0.414 e. The molecule has 1 amide bonds. The molecule has 3 heterocycles. The van der Waals surface area contributed by atoms with Crippen LogP contribution in [0.1, 0.15) is 31.9 Å². The maximum absolute atomic E-state index is 12.5.